The first-order valence-electron chi connectivity index (χ1n) is 6.77. The maximum absolute atomic E-state index is 4.79. The average Bonchev–Trinajstić information content (AvgIpc) is 2.53. The van der Waals surface area contributed by atoms with Gasteiger partial charge in [-0.25, -0.2) is 4.68 Å². The molecule has 18 heavy (non-hydrogen) atoms. The van der Waals surface area contributed by atoms with Gasteiger partial charge < -0.3 is 4.90 Å². The molecule has 1 aliphatic rings. The Morgan fingerprint density at radius 1 is 0.889 bits per heavy atom. The number of anilines is 1. The third-order valence-electron chi connectivity index (χ3n) is 6.07. The van der Waals surface area contributed by atoms with E-state index < -0.39 is 0 Å². The highest BCUT2D eigenvalue weighted by Gasteiger charge is 2.56. The van der Waals surface area contributed by atoms with Crippen molar-refractivity contribution in [3.05, 3.63) is 11.3 Å². The predicted molar refractivity (Wildman–Crippen MR) is 77.3 cm³/mol. The molecule has 0 bridgehead atoms. The Morgan fingerprint density at radius 2 is 1.39 bits per heavy atom. The molecule has 0 saturated carbocycles. The first kappa shape index (κ1) is 13.4. The lowest BCUT2D eigenvalue weighted by atomic mass is 9.61. The number of rotatable bonds is 0. The first-order valence-corrected chi connectivity index (χ1v) is 6.77. The highest BCUT2D eigenvalue weighted by Crippen LogP contribution is 2.54. The second kappa shape index (κ2) is 3.31. The summed E-state index contributed by atoms with van der Waals surface area (Å²) in [5.74, 6) is 1.27. The zero-order chi connectivity index (χ0) is 14.1. The van der Waals surface area contributed by atoms with Crippen LogP contribution in [0.1, 0.15) is 52.8 Å². The summed E-state index contributed by atoms with van der Waals surface area (Å²) in [6, 6.07) is 0. The Hall–Kier alpha value is -0.990. The molecule has 0 atom stereocenters. The summed E-state index contributed by atoms with van der Waals surface area (Å²) in [6.07, 6.45) is 0. The third kappa shape index (κ3) is 1.23. The summed E-state index contributed by atoms with van der Waals surface area (Å²) < 4.78 is 2.23. The van der Waals surface area contributed by atoms with E-state index in [-0.39, 0.29) is 16.5 Å². The highest BCUT2D eigenvalue weighted by molar-refractivity contribution is 5.54. The molecule has 0 aliphatic carbocycles. The Morgan fingerprint density at radius 3 is 1.89 bits per heavy atom. The third-order valence-corrected chi connectivity index (χ3v) is 6.07. The van der Waals surface area contributed by atoms with Crippen LogP contribution in [-0.2, 0) is 5.54 Å². The van der Waals surface area contributed by atoms with Crippen LogP contribution in [-0.4, -0.2) is 22.4 Å². The van der Waals surface area contributed by atoms with Crippen LogP contribution in [0, 0.1) is 19.3 Å². The quantitative estimate of drug-likeness (QED) is 0.702. The van der Waals surface area contributed by atoms with Crippen molar-refractivity contribution in [2.45, 2.75) is 66.5 Å². The van der Waals surface area contributed by atoms with Gasteiger partial charge in [-0.3, -0.25) is 0 Å². The van der Waals surface area contributed by atoms with Gasteiger partial charge >= 0.3 is 0 Å². The molecular formula is C15H27N3. The van der Waals surface area contributed by atoms with E-state index in [9.17, 15) is 0 Å². The maximum Gasteiger partial charge on any atom is 0.130 e. The minimum absolute atomic E-state index is 0.00262. The molecular weight excluding hydrogens is 222 g/mol. The van der Waals surface area contributed by atoms with E-state index in [2.05, 4.69) is 72.0 Å². The van der Waals surface area contributed by atoms with E-state index in [0.717, 1.165) is 5.69 Å². The van der Waals surface area contributed by atoms with Gasteiger partial charge in [-0.2, -0.15) is 5.10 Å². The van der Waals surface area contributed by atoms with E-state index in [1.54, 1.807) is 0 Å². The lowest BCUT2D eigenvalue weighted by Crippen LogP contribution is -2.66. The fourth-order valence-electron chi connectivity index (χ4n) is 3.07. The average molecular weight is 249 g/mol. The standard InChI is InChI=1S/C15H27N3/c1-10-11(2)16-18-12(10)17(9)14(5,6)13(3,4)15(18,7)8/h1-9H3. The Bertz CT molecular complexity index is 492. The number of hydrogen-bond donors (Lipinski definition) is 0. The molecule has 0 saturated heterocycles. The molecule has 102 valence electrons. The molecule has 2 heterocycles. The number of aromatic nitrogens is 2. The monoisotopic (exact) mass is 249 g/mol. The van der Waals surface area contributed by atoms with E-state index in [1.165, 1.54) is 11.4 Å². The molecule has 0 radical (unpaired) electrons. The fourth-order valence-corrected chi connectivity index (χ4v) is 3.07. The van der Waals surface area contributed by atoms with Crippen molar-refractivity contribution in [3.63, 3.8) is 0 Å². The highest BCUT2D eigenvalue weighted by atomic mass is 15.5. The number of nitrogens with zero attached hydrogens (tertiary/aromatic N) is 3. The second-order valence-electron chi connectivity index (χ2n) is 7.25. The smallest absolute Gasteiger partial charge is 0.130 e. The van der Waals surface area contributed by atoms with Crippen LogP contribution >= 0.6 is 0 Å². The molecule has 0 amide bonds. The summed E-state index contributed by atoms with van der Waals surface area (Å²) in [4.78, 5) is 2.40. The van der Waals surface area contributed by atoms with Crippen LogP contribution in [0.15, 0.2) is 0 Å². The Labute approximate surface area is 111 Å². The topological polar surface area (TPSA) is 21.1 Å². The van der Waals surface area contributed by atoms with Crippen LogP contribution in [0.3, 0.4) is 0 Å². The molecule has 0 N–H and O–H groups in total. The summed E-state index contributed by atoms with van der Waals surface area (Å²) >= 11 is 0. The fraction of sp³-hybridized carbons (Fsp3) is 0.800. The van der Waals surface area contributed by atoms with Gasteiger partial charge in [0, 0.05) is 23.6 Å². The summed E-state index contributed by atoms with van der Waals surface area (Å²) in [7, 11) is 2.19. The normalized spacial score (nSPS) is 23.9. The minimum Gasteiger partial charge on any atom is -0.354 e. The van der Waals surface area contributed by atoms with Gasteiger partial charge in [0.15, 0.2) is 0 Å². The molecule has 3 nitrogen and oxygen atoms in total. The Balaban J connectivity index is 2.83. The van der Waals surface area contributed by atoms with Crippen LogP contribution in [0.2, 0.25) is 0 Å². The molecule has 0 aromatic carbocycles. The van der Waals surface area contributed by atoms with Gasteiger partial charge in [0.05, 0.1) is 11.2 Å². The second-order valence-corrected chi connectivity index (χ2v) is 7.25. The van der Waals surface area contributed by atoms with Gasteiger partial charge in [-0.05, 0) is 41.5 Å². The molecule has 1 aromatic heterocycles. The van der Waals surface area contributed by atoms with Gasteiger partial charge in [0.1, 0.15) is 5.82 Å². The van der Waals surface area contributed by atoms with E-state index in [0.29, 0.717) is 0 Å². The number of fused-ring (bicyclic) bond motifs is 1. The number of hydrogen-bond acceptors (Lipinski definition) is 2. The van der Waals surface area contributed by atoms with Crippen molar-refractivity contribution >= 4 is 5.82 Å². The zero-order valence-electron chi connectivity index (χ0n) is 13.3. The Kier molecular flexibility index (Phi) is 2.47. The lowest BCUT2D eigenvalue weighted by molar-refractivity contribution is 0.0129. The van der Waals surface area contributed by atoms with Crippen molar-refractivity contribution in [2.24, 2.45) is 5.41 Å². The minimum atomic E-state index is -0.00262. The van der Waals surface area contributed by atoms with E-state index in [4.69, 9.17) is 5.10 Å². The van der Waals surface area contributed by atoms with Crippen molar-refractivity contribution in [1.29, 1.82) is 0 Å². The molecule has 0 spiro atoms. The molecule has 1 aromatic rings. The first-order chi connectivity index (χ1) is 7.96. The summed E-state index contributed by atoms with van der Waals surface area (Å²) in [5, 5.41) is 4.79. The molecule has 2 rings (SSSR count). The van der Waals surface area contributed by atoms with Crippen molar-refractivity contribution in [3.8, 4) is 0 Å². The van der Waals surface area contributed by atoms with Crippen molar-refractivity contribution in [1.82, 2.24) is 9.78 Å². The SMILES string of the molecule is Cc1nn2c(c1C)N(C)C(C)(C)C(C)(C)C2(C)C. The van der Waals surface area contributed by atoms with Gasteiger partial charge in [-0.15, -0.1) is 0 Å². The van der Waals surface area contributed by atoms with Gasteiger partial charge in [-0.1, -0.05) is 13.8 Å². The van der Waals surface area contributed by atoms with E-state index >= 15 is 0 Å². The van der Waals surface area contributed by atoms with Crippen LogP contribution in [0.25, 0.3) is 0 Å². The van der Waals surface area contributed by atoms with Crippen molar-refractivity contribution < 1.29 is 0 Å². The summed E-state index contributed by atoms with van der Waals surface area (Å²) in [6.45, 7) is 18.2. The van der Waals surface area contributed by atoms with E-state index in [1.807, 2.05) is 0 Å². The van der Waals surface area contributed by atoms with Crippen LogP contribution in [0.4, 0.5) is 5.82 Å². The van der Waals surface area contributed by atoms with Crippen molar-refractivity contribution in [2.75, 3.05) is 11.9 Å². The predicted octanol–water partition coefficient (Wildman–Crippen LogP) is 3.49. The summed E-state index contributed by atoms with van der Waals surface area (Å²) in [5.41, 5.74) is 2.64. The molecule has 0 fully saturated rings. The molecule has 3 heteroatoms. The number of aryl methyl sites for hydroxylation is 1. The van der Waals surface area contributed by atoms with Crippen LogP contribution < -0.4 is 4.90 Å². The molecule has 1 aliphatic heterocycles. The van der Waals surface area contributed by atoms with Crippen LogP contribution in [0.5, 0.6) is 0 Å². The zero-order valence-corrected chi connectivity index (χ0v) is 13.3. The maximum atomic E-state index is 4.79. The molecule has 0 unspecified atom stereocenters. The van der Waals surface area contributed by atoms with Gasteiger partial charge in [0.2, 0.25) is 0 Å². The lowest BCUT2D eigenvalue weighted by Gasteiger charge is -2.60. The van der Waals surface area contributed by atoms with Gasteiger partial charge in [0.25, 0.3) is 0 Å². The largest absolute Gasteiger partial charge is 0.354 e.